The molecule has 2 aromatic carbocycles. The van der Waals surface area contributed by atoms with Crippen molar-refractivity contribution >= 4 is 34.1 Å². The molecule has 36 heavy (non-hydrogen) atoms. The van der Waals surface area contributed by atoms with Crippen LogP contribution in [0.25, 0.3) is 10.9 Å². The number of nitrogens with zero attached hydrogens (tertiary/aromatic N) is 5. The van der Waals surface area contributed by atoms with E-state index < -0.39 is 0 Å². The van der Waals surface area contributed by atoms with E-state index >= 15 is 0 Å². The van der Waals surface area contributed by atoms with Gasteiger partial charge in [0.25, 0.3) is 5.69 Å². The first-order chi connectivity index (χ1) is 17.5. The minimum atomic E-state index is -0.379. The average molecular weight is 493 g/mol. The van der Waals surface area contributed by atoms with E-state index in [9.17, 15) is 14.9 Å². The Bertz CT molecular complexity index is 1200. The third-order valence-corrected chi connectivity index (χ3v) is 6.39. The molecular weight excluding hydrogens is 460 g/mol. The van der Waals surface area contributed by atoms with Gasteiger partial charge in [0.15, 0.2) is 0 Å². The van der Waals surface area contributed by atoms with Crippen molar-refractivity contribution in [2.24, 2.45) is 5.92 Å². The summed E-state index contributed by atoms with van der Waals surface area (Å²) in [7, 11) is 0. The number of esters is 1. The molecule has 0 saturated carbocycles. The molecule has 0 bridgehead atoms. The number of hydrogen-bond donors (Lipinski definition) is 1. The molecule has 0 spiro atoms. The number of nitro groups is 1. The number of fused-ring (bicyclic) bond motifs is 1. The second kappa shape index (κ2) is 11.8. The molecule has 10 heteroatoms. The van der Waals surface area contributed by atoms with Crippen molar-refractivity contribution in [1.82, 2.24) is 14.9 Å². The van der Waals surface area contributed by atoms with E-state index in [4.69, 9.17) is 4.74 Å². The van der Waals surface area contributed by atoms with Gasteiger partial charge in [-0.05, 0) is 38.3 Å². The Kier molecular flexibility index (Phi) is 8.27. The standard InChI is InChI=1S/C26H32N6O4/c1-3-27-23-15-22-21(14-24(23)32(34)35)25(29-17-28-22)31(16-19-8-6-5-7-9-19)18-30-12-10-20(11-13-30)26(33)36-4-2/h5-9,14-15,17,20,27H,3-4,10-13,16,18H2,1-2H3. The number of hydrogen-bond acceptors (Lipinski definition) is 9. The van der Waals surface area contributed by atoms with Crippen LogP contribution in [0.15, 0.2) is 48.8 Å². The molecule has 0 atom stereocenters. The third kappa shape index (κ3) is 5.88. The van der Waals surface area contributed by atoms with Crippen LogP contribution in [0.2, 0.25) is 0 Å². The van der Waals surface area contributed by atoms with Crippen LogP contribution in [-0.2, 0) is 16.1 Å². The van der Waals surface area contributed by atoms with E-state index in [1.165, 1.54) is 6.33 Å². The summed E-state index contributed by atoms with van der Waals surface area (Å²) in [6, 6.07) is 13.3. The zero-order chi connectivity index (χ0) is 25.5. The normalized spacial score (nSPS) is 14.5. The lowest BCUT2D eigenvalue weighted by Gasteiger charge is -2.36. The quantitative estimate of drug-likeness (QED) is 0.252. The molecule has 0 unspecified atom stereocenters. The van der Waals surface area contributed by atoms with Gasteiger partial charge in [-0.3, -0.25) is 19.8 Å². The Morgan fingerprint density at radius 3 is 2.61 bits per heavy atom. The molecule has 2 heterocycles. The number of nitrogens with one attached hydrogen (secondary N) is 1. The van der Waals surface area contributed by atoms with Crippen molar-refractivity contribution in [2.45, 2.75) is 33.2 Å². The maximum atomic E-state index is 12.2. The van der Waals surface area contributed by atoms with Gasteiger partial charge in [-0.1, -0.05) is 30.3 Å². The number of ether oxygens (including phenoxy) is 1. The first-order valence-electron chi connectivity index (χ1n) is 12.3. The Morgan fingerprint density at radius 1 is 1.19 bits per heavy atom. The number of likely N-dealkylation sites (tertiary alicyclic amines) is 1. The smallest absolute Gasteiger partial charge is 0.309 e. The molecule has 0 radical (unpaired) electrons. The number of aromatic nitrogens is 2. The highest BCUT2D eigenvalue weighted by Gasteiger charge is 2.28. The second-order valence-corrected chi connectivity index (χ2v) is 8.84. The predicted octanol–water partition coefficient (Wildman–Crippen LogP) is 4.21. The monoisotopic (exact) mass is 492 g/mol. The number of carbonyl (C=O) groups is 1. The van der Waals surface area contributed by atoms with Crippen LogP contribution in [-0.4, -0.2) is 58.7 Å². The summed E-state index contributed by atoms with van der Waals surface area (Å²) in [5, 5.41) is 15.5. The predicted molar refractivity (Wildman–Crippen MR) is 139 cm³/mol. The molecule has 0 amide bonds. The summed E-state index contributed by atoms with van der Waals surface area (Å²) >= 11 is 0. The number of anilines is 2. The number of rotatable bonds is 10. The fraction of sp³-hybridized carbons (Fsp3) is 0.423. The summed E-state index contributed by atoms with van der Waals surface area (Å²) in [5.41, 5.74) is 2.18. The highest BCUT2D eigenvalue weighted by Crippen LogP contribution is 2.34. The van der Waals surface area contributed by atoms with Gasteiger partial charge in [0.2, 0.25) is 0 Å². The molecule has 1 aliphatic rings. The van der Waals surface area contributed by atoms with E-state index in [2.05, 4.69) is 37.2 Å². The Balaban J connectivity index is 1.66. The van der Waals surface area contributed by atoms with Gasteiger partial charge in [0.1, 0.15) is 17.8 Å². The van der Waals surface area contributed by atoms with Gasteiger partial charge in [0.05, 0.1) is 29.6 Å². The van der Waals surface area contributed by atoms with Gasteiger partial charge < -0.3 is 15.0 Å². The minimum Gasteiger partial charge on any atom is -0.466 e. The van der Waals surface area contributed by atoms with Gasteiger partial charge in [-0.15, -0.1) is 0 Å². The van der Waals surface area contributed by atoms with E-state index in [0.29, 0.717) is 48.8 Å². The van der Waals surface area contributed by atoms with Crippen LogP contribution < -0.4 is 10.2 Å². The fourth-order valence-corrected chi connectivity index (χ4v) is 4.62. The fourth-order valence-electron chi connectivity index (χ4n) is 4.62. The van der Waals surface area contributed by atoms with Crippen LogP contribution in [0.4, 0.5) is 17.2 Å². The lowest BCUT2D eigenvalue weighted by Crippen LogP contribution is -2.44. The molecule has 1 N–H and O–H groups in total. The SMILES string of the molecule is CCNc1cc2ncnc(N(Cc3ccccc3)CN3CCC(C(=O)OCC)CC3)c2cc1[N+](=O)[O-]. The molecular formula is C26H32N6O4. The van der Waals surface area contributed by atoms with E-state index in [1.807, 2.05) is 32.0 Å². The number of nitro benzene ring substituents is 1. The Hall–Kier alpha value is -3.79. The topological polar surface area (TPSA) is 114 Å². The molecule has 1 aromatic heterocycles. The average Bonchev–Trinajstić information content (AvgIpc) is 2.89. The van der Waals surface area contributed by atoms with Crippen LogP contribution in [0.5, 0.6) is 0 Å². The van der Waals surface area contributed by atoms with Crippen LogP contribution in [0, 0.1) is 16.0 Å². The second-order valence-electron chi connectivity index (χ2n) is 8.84. The summed E-state index contributed by atoms with van der Waals surface area (Å²) in [4.78, 5) is 37.0. The maximum absolute atomic E-state index is 12.2. The highest BCUT2D eigenvalue weighted by molar-refractivity contribution is 5.94. The van der Waals surface area contributed by atoms with Crippen molar-refractivity contribution in [3.63, 3.8) is 0 Å². The maximum Gasteiger partial charge on any atom is 0.309 e. The summed E-state index contributed by atoms with van der Waals surface area (Å²) in [6.45, 7) is 7.33. The zero-order valence-corrected chi connectivity index (χ0v) is 20.7. The zero-order valence-electron chi connectivity index (χ0n) is 20.7. The van der Waals surface area contributed by atoms with Crippen LogP contribution >= 0.6 is 0 Å². The molecule has 190 valence electrons. The van der Waals surface area contributed by atoms with Crippen LogP contribution in [0.1, 0.15) is 32.3 Å². The summed E-state index contributed by atoms with van der Waals surface area (Å²) < 4.78 is 5.21. The number of benzene rings is 2. The molecule has 10 nitrogen and oxygen atoms in total. The van der Waals surface area contributed by atoms with Crippen LogP contribution in [0.3, 0.4) is 0 Å². The molecule has 1 fully saturated rings. The lowest BCUT2D eigenvalue weighted by molar-refractivity contribution is -0.383. The van der Waals surface area contributed by atoms with Crippen molar-refractivity contribution in [3.05, 3.63) is 64.5 Å². The largest absolute Gasteiger partial charge is 0.466 e. The van der Waals surface area contributed by atoms with E-state index in [0.717, 1.165) is 31.5 Å². The van der Waals surface area contributed by atoms with Crippen molar-refractivity contribution in [3.8, 4) is 0 Å². The minimum absolute atomic E-state index is 0.00434. The molecule has 3 aromatic rings. The van der Waals surface area contributed by atoms with Crippen molar-refractivity contribution < 1.29 is 14.5 Å². The molecule has 1 aliphatic heterocycles. The van der Waals surface area contributed by atoms with Crippen molar-refractivity contribution in [2.75, 3.05) is 43.1 Å². The number of piperidine rings is 1. The van der Waals surface area contributed by atoms with Gasteiger partial charge in [-0.2, -0.15) is 0 Å². The summed E-state index contributed by atoms with van der Waals surface area (Å²) in [6.07, 6.45) is 2.98. The van der Waals surface area contributed by atoms with Gasteiger partial charge >= 0.3 is 5.97 Å². The van der Waals surface area contributed by atoms with E-state index in [1.54, 1.807) is 12.1 Å². The lowest BCUT2D eigenvalue weighted by atomic mass is 9.97. The molecule has 1 saturated heterocycles. The first-order valence-corrected chi connectivity index (χ1v) is 12.3. The first kappa shape index (κ1) is 25.3. The molecule has 0 aliphatic carbocycles. The third-order valence-electron chi connectivity index (χ3n) is 6.39. The Labute approximate surface area is 210 Å². The number of carbonyl (C=O) groups excluding carboxylic acids is 1. The Morgan fingerprint density at radius 2 is 1.94 bits per heavy atom. The molecule has 4 rings (SSSR count). The van der Waals surface area contributed by atoms with E-state index in [-0.39, 0.29) is 22.5 Å². The van der Waals surface area contributed by atoms with Crippen molar-refractivity contribution in [1.29, 1.82) is 0 Å². The van der Waals surface area contributed by atoms with Gasteiger partial charge in [0, 0.05) is 37.6 Å². The van der Waals surface area contributed by atoms with Gasteiger partial charge in [-0.25, -0.2) is 9.97 Å². The summed E-state index contributed by atoms with van der Waals surface area (Å²) in [5.74, 6) is 0.446. The highest BCUT2D eigenvalue weighted by atomic mass is 16.6.